The number of nitrogens with zero attached hydrogens (tertiary/aromatic N) is 3. The third-order valence-corrected chi connectivity index (χ3v) is 6.85. The van der Waals surface area contributed by atoms with Gasteiger partial charge in [0.2, 0.25) is 10.0 Å². The highest BCUT2D eigenvalue weighted by Gasteiger charge is 2.29. The van der Waals surface area contributed by atoms with Crippen molar-refractivity contribution in [1.29, 1.82) is 0 Å². The number of aromatic hydroxyl groups is 2. The van der Waals surface area contributed by atoms with Gasteiger partial charge in [0.15, 0.2) is 5.82 Å². The van der Waals surface area contributed by atoms with Gasteiger partial charge in [-0.2, -0.15) is 9.40 Å². The van der Waals surface area contributed by atoms with Crippen molar-refractivity contribution in [3.8, 4) is 28.6 Å². The summed E-state index contributed by atoms with van der Waals surface area (Å²) in [4.78, 5) is 11.9. The largest absolute Gasteiger partial charge is 0.507 e. The number of hydrogen-bond acceptors (Lipinski definition) is 6. The predicted octanol–water partition coefficient (Wildman–Crippen LogP) is 2.32. The van der Waals surface area contributed by atoms with Crippen LogP contribution in [0.2, 0.25) is 5.02 Å². The average molecular weight is 439 g/mol. The van der Waals surface area contributed by atoms with Crippen LogP contribution < -0.4 is 5.69 Å². The highest BCUT2D eigenvalue weighted by atomic mass is 35.5. The SMILES string of the molecule is CC(C)N(C)S(=O)(=O)c1cc(-c2n[nH]c(=O)n2-c2ccccc2Cl)c(O)cc1O. The fourth-order valence-corrected chi connectivity index (χ4v) is 4.39. The van der Waals surface area contributed by atoms with Crippen molar-refractivity contribution >= 4 is 21.6 Å². The summed E-state index contributed by atoms with van der Waals surface area (Å²) in [5.41, 5.74) is -0.417. The quantitative estimate of drug-likeness (QED) is 0.560. The molecule has 0 saturated heterocycles. The minimum absolute atomic E-state index is 0.0655. The van der Waals surface area contributed by atoms with Crippen LogP contribution >= 0.6 is 11.6 Å². The van der Waals surface area contributed by atoms with Crippen molar-refractivity contribution in [2.75, 3.05) is 7.05 Å². The number of halogens is 1. The van der Waals surface area contributed by atoms with Gasteiger partial charge in [0.05, 0.1) is 16.3 Å². The zero-order chi connectivity index (χ0) is 21.5. The highest BCUT2D eigenvalue weighted by Crippen LogP contribution is 2.38. The molecule has 1 aromatic heterocycles. The summed E-state index contributed by atoms with van der Waals surface area (Å²) < 4.78 is 27.9. The maximum absolute atomic E-state index is 12.9. The minimum Gasteiger partial charge on any atom is -0.507 e. The average Bonchev–Trinajstić information content (AvgIpc) is 3.02. The summed E-state index contributed by atoms with van der Waals surface area (Å²) in [6.07, 6.45) is 0. The van der Waals surface area contributed by atoms with Gasteiger partial charge in [0, 0.05) is 19.2 Å². The molecule has 0 amide bonds. The third kappa shape index (κ3) is 3.61. The first-order chi connectivity index (χ1) is 13.6. The number of aromatic amines is 1. The molecule has 0 atom stereocenters. The van der Waals surface area contributed by atoms with Crippen molar-refractivity contribution in [3.63, 3.8) is 0 Å². The Hall–Kier alpha value is -2.82. The topological polar surface area (TPSA) is 129 Å². The second-order valence-electron chi connectivity index (χ2n) is 6.59. The van der Waals surface area contributed by atoms with Gasteiger partial charge in [-0.15, -0.1) is 0 Å². The molecule has 0 radical (unpaired) electrons. The van der Waals surface area contributed by atoms with E-state index in [-0.39, 0.29) is 22.5 Å². The summed E-state index contributed by atoms with van der Waals surface area (Å²) >= 11 is 6.19. The lowest BCUT2D eigenvalue weighted by Gasteiger charge is -2.22. The van der Waals surface area contributed by atoms with Crippen molar-refractivity contribution in [3.05, 3.63) is 51.9 Å². The summed E-state index contributed by atoms with van der Waals surface area (Å²) in [5, 5.41) is 27.0. The number of benzene rings is 2. The molecule has 0 bridgehead atoms. The van der Waals surface area contributed by atoms with Gasteiger partial charge in [-0.05, 0) is 32.0 Å². The number of nitrogens with one attached hydrogen (secondary N) is 1. The lowest BCUT2D eigenvalue weighted by atomic mass is 10.1. The second-order valence-corrected chi connectivity index (χ2v) is 8.96. The van der Waals surface area contributed by atoms with E-state index in [1.165, 1.54) is 7.05 Å². The predicted molar refractivity (Wildman–Crippen MR) is 108 cm³/mol. The molecule has 3 rings (SSSR count). The van der Waals surface area contributed by atoms with Crippen molar-refractivity contribution in [2.45, 2.75) is 24.8 Å². The van der Waals surface area contributed by atoms with Crippen LogP contribution in [-0.2, 0) is 10.0 Å². The Morgan fingerprint density at radius 2 is 1.83 bits per heavy atom. The molecule has 3 aromatic rings. The smallest absolute Gasteiger partial charge is 0.348 e. The molecule has 9 nitrogen and oxygen atoms in total. The van der Waals surface area contributed by atoms with Crippen LogP contribution in [0.4, 0.5) is 0 Å². The molecular formula is C18H19ClN4O5S. The van der Waals surface area contributed by atoms with E-state index in [1.54, 1.807) is 38.1 Å². The van der Waals surface area contributed by atoms with Crippen molar-refractivity contribution in [2.24, 2.45) is 0 Å². The van der Waals surface area contributed by atoms with Gasteiger partial charge in [0.25, 0.3) is 0 Å². The fraction of sp³-hybridized carbons (Fsp3) is 0.222. The molecule has 2 aromatic carbocycles. The van der Waals surface area contributed by atoms with E-state index in [0.717, 1.165) is 21.0 Å². The molecule has 3 N–H and O–H groups in total. The third-order valence-electron chi connectivity index (χ3n) is 4.47. The van der Waals surface area contributed by atoms with Crippen LogP contribution in [0.15, 0.2) is 46.1 Å². The molecule has 0 aliphatic rings. The van der Waals surface area contributed by atoms with Crippen LogP contribution in [0.25, 0.3) is 17.1 Å². The molecule has 0 unspecified atom stereocenters. The molecular weight excluding hydrogens is 420 g/mol. The lowest BCUT2D eigenvalue weighted by molar-refractivity contribution is 0.401. The monoisotopic (exact) mass is 438 g/mol. The molecule has 29 heavy (non-hydrogen) atoms. The Morgan fingerprint density at radius 3 is 2.45 bits per heavy atom. The zero-order valence-corrected chi connectivity index (χ0v) is 17.4. The standard InChI is InChI=1S/C18H19ClN4O5S/c1-10(2)22(3)29(27,28)16-8-11(14(24)9-15(16)25)17-20-21-18(26)23(17)13-7-5-4-6-12(13)19/h4-10,24-25H,1-3H3,(H,21,26). The van der Waals surface area contributed by atoms with E-state index in [4.69, 9.17) is 11.6 Å². The number of sulfonamides is 1. The second kappa shape index (κ2) is 7.54. The van der Waals surface area contributed by atoms with Crippen LogP contribution in [0.3, 0.4) is 0 Å². The maximum atomic E-state index is 12.9. The highest BCUT2D eigenvalue weighted by molar-refractivity contribution is 7.89. The van der Waals surface area contributed by atoms with Gasteiger partial charge < -0.3 is 10.2 Å². The van der Waals surface area contributed by atoms with E-state index < -0.39 is 32.1 Å². The molecule has 0 spiro atoms. The van der Waals surface area contributed by atoms with Gasteiger partial charge in [-0.1, -0.05) is 23.7 Å². The molecule has 154 valence electrons. The van der Waals surface area contributed by atoms with Crippen LogP contribution in [0.5, 0.6) is 11.5 Å². The zero-order valence-electron chi connectivity index (χ0n) is 15.8. The minimum atomic E-state index is -4.07. The maximum Gasteiger partial charge on any atom is 0.348 e. The number of hydrogen-bond donors (Lipinski definition) is 3. The van der Waals surface area contributed by atoms with E-state index >= 15 is 0 Å². The number of phenolic OH excluding ortho intramolecular Hbond substituents is 2. The fourth-order valence-electron chi connectivity index (χ4n) is 2.71. The summed E-state index contributed by atoms with van der Waals surface area (Å²) in [7, 11) is -2.70. The van der Waals surface area contributed by atoms with Crippen LogP contribution in [0, 0.1) is 0 Å². The van der Waals surface area contributed by atoms with Crippen LogP contribution in [-0.4, -0.2) is 50.8 Å². The normalized spacial score (nSPS) is 12.1. The molecule has 1 heterocycles. The van der Waals surface area contributed by atoms with Gasteiger partial charge in [-0.3, -0.25) is 0 Å². The Labute approximate surface area is 171 Å². The molecule has 0 saturated carbocycles. The van der Waals surface area contributed by atoms with Gasteiger partial charge in [0.1, 0.15) is 16.4 Å². The Balaban J connectivity index is 2.28. The van der Waals surface area contributed by atoms with Gasteiger partial charge in [-0.25, -0.2) is 22.9 Å². The summed E-state index contributed by atoms with van der Waals surface area (Å²) in [6, 6.07) is 8.09. The molecule has 11 heteroatoms. The summed E-state index contributed by atoms with van der Waals surface area (Å²) in [6.45, 7) is 3.36. The Bertz CT molecular complexity index is 1230. The molecule has 0 aliphatic carbocycles. The first-order valence-corrected chi connectivity index (χ1v) is 10.3. The summed E-state index contributed by atoms with van der Waals surface area (Å²) in [5.74, 6) is -1.15. The Morgan fingerprint density at radius 1 is 1.17 bits per heavy atom. The van der Waals surface area contributed by atoms with E-state index in [9.17, 15) is 23.4 Å². The van der Waals surface area contributed by atoms with E-state index in [2.05, 4.69) is 10.2 Å². The molecule has 0 aliphatic heterocycles. The number of para-hydroxylation sites is 1. The van der Waals surface area contributed by atoms with Crippen LogP contribution in [0.1, 0.15) is 13.8 Å². The number of H-pyrrole nitrogens is 1. The number of rotatable bonds is 5. The first-order valence-electron chi connectivity index (χ1n) is 8.52. The van der Waals surface area contributed by atoms with Gasteiger partial charge >= 0.3 is 5.69 Å². The molecule has 0 fully saturated rings. The van der Waals surface area contributed by atoms with Crippen molar-refractivity contribution in [1.82, 2.24) is 19.1 Å². The number of phenols is 2. The van der Waals surface area contributed by atoms with Crippen molar-refractivity contribution < 1.29 is 18.6 Å². The first kappa shape index (κ1) is 20.9. The van der Waals surface area contributed by atoms with E-state index in [0.29, 0.717) is 5.69 Å². The lowest BCUT2D eigenvalue weighted by Crippen LogP contribution is -2.33. The van der Waals surface area contributed by atoms with E-state index in [1.807, 2.05) is 0 Å². The Kier molecular flexibility index (Phi) is 5.44. The number of aromatic nitrogens is 3.